The molecule has 5 heteroatoms. The van der Waals surface area contributed by atoms with Gasteiger partial charge in [-0.1, -0.05) is 36.4 Å². The molecule has 110 valence electrons. The van der Waals surface area contributed by atoms with E-state index in [1.165, 1.54) is 11.8 Å². The number of amidine groups is 1. The van der Waals surface area contributed by atoms with Crippen LogP contribution in [0.4, 0.5) is 5.82 Å². The molecular formula is C17H15N3OS. The highest BCUT2D eigenvalue weighted by molar-refractivity contribution is 8.18. The number of aliphatic imine (C=N–C) groups is 1. The summed E-state index contributed by atoms with van der Waals surface area (Å²) in [5.74, 6) is 0.600. The zero-order chi connectivity index (χ0) is 15.4. The van der Waals surface area contributed by atoms with Gasteiger partial charge in [0.2, 0.25) is 0 Å². The lowest BCUT2D eigenvalue weighted by Gasteiger charge is -2.11. The van der Waals surface area contributed by atoms with Gasteiger partial charge in [-0.3, -0.25) is 9.69 Å². The Kier molecular flexibility index (Phi) is 4.34. The molecular weight excluding hydrogens is 294 g/mol. The maximum Gasteiger partial charge on any atom is 0.266 e. The summed E-state index contributed by atoms with van der Waals surface area (Å²) >= 11 is 1.39. The van der Waals surface area contributed by atoms with Crippen LogP contribution >= 0.6 is 11.8 Å². The van der Waals surface area contributed by atoms with Crippen LogP contribution in [0.2, 0.25) is 0 Å². The SMILES string of the molecule is CCN1C(=O)/C(=C/c2ccccc2)S/C1=N/c1ccccn1. The predicted octanol–water partition coefficient (Wildman–Crippen LogP) is 3.71. The Bertz CT molecular complexity index is 726. The fourth-order valence-electron chi connectivity index (χ4n) is 2.09. The zero-order valence-corrected chi connectivity index (χ0v) is 13.0. The summed E-state index contributed by atoms with van der Waals surface area (Å²) in [4.78, 5) is 23.5. The van der Waals surface area contributed by atoms with Crippen molar-refractivity contribution in [3.63, 3.8) is 0 Å². The van der Waals surface area contributed by atoms with Crippen molar-refractivity contribution < 1.29 is 4.79 Å². The molecule has 1 aromatic heterocycles. The average Bonchev–Trinajstić information content (AvgIpc) is 2.84. The van der Waals surface area contributed by atoms with Gasteiger partial charge >= 0.3 is 0 Å². The third-order valence-electron chi connectivity index (χ3n) is 3.16. The third kappa shape index (κ3) is 3.09. The number of hydrogen-bond acceptors (Lipinski definition) is 4. The van der Waals surface area contributed by atoms with Gasteiger partial charge in [0.1, 0.15) is 0 Å². The van der Waals surface area contributed by atoms with Crippen LogP contribution in [0.15, 0.2) is 64.6 Å². The van der Waals surface area contributed by atoms with Crippen LogP contribution in [-0.2, 0) is 4.79 Å². The number of rotatable bonds is 3. The van der Waals surface area contributed by atoms with E-state index in [4.69, 9.17) is 0 Å². The van der Waals surface area contributed by atoms with E-state index < -0.39 is 0 Å². The molecule has 1 amide bonds. The quantitative estimate of drug-likeness (QED) is 0.812. The Morgan fingerprint density at radius 3 is 2.64 bits per heavy atom. The first kappa shape index (κ1) is 14.5. The van der Waals surface area contributed by atoms with Crippen LogP contribution < -0.4 is 0 Å². The number of pyridine rings is 1. The van der Waals surface area contributed by atoms with Crippen molar-refractivity contribution in [3.8, 4) is 0 Å². The summed E-state index contributed by atoms with van der Waals surface area (Å²) in [6, 6.07) is 15.4. The molecule has 2 heterocycles. The van der Waals surface area contributed by atoms with Gasteiger partial charge in [-0.05, 0) is 42.5 Å². The van der Waals surface area contributed by atoms with Crippen molar-refractivity contribution in [3.05, 3.63) is 65.2 Å². The summed E-state index contributed by atoms with van der Waals surface area (Å²) in [5.41, 5.74) is 1.01. The number of benzene rings is 1. The van der Waals surface area contributed by atoms with Gasteiger partial charge in [0.05, 0.1) is 4.91 Å². The molecule has 0 aliphatic carbocycles. The first-order valence-electron chi connectivity index (χ1n) is 7.04. The van der Waals surface area contributed by atoms with Crippen molar-refractivity contribution in [1.82, 2.24) is 9.88 Å². The standard InChI is InChI=1S/C17H15N3OS/c1-2-20-16(21)14(12-13-8-4-3-5-9-13)22-17(20)19-15-10-6-7-11-18-15/h3-12H,2H2,1H3/b14-12-,19-17+. The second-order valence-corrected chi connectivity index (χ2v) is 5.66. The molecule has 3 rings (SSSR count). The van der Waals surface area contributed by atoms with Gasteiger partial charge in [-0.15, -0.1) is 0 Å². The molecule has 0 bridgehead atoms. The van der Waals surface area contributed by atoms with E-state index >= 15 is 0 Å². The highest BCUT2D eigenvalue weighted by Gasteiger charge is 2.32. The van der Waals surface area contributed by atoms with Crippen LogP contribution in [0.1, 0.15) is 12.5 Å². The Hall–Kier alpha value is -2.40. The number of nitrogens with zero attached hydrogens (tertiary/aromatic N) is 3. The van der Waals surface area contributed by atoms with Crippen molar-refractivity contribution >= 4 is 34.7 Å². The number of aromatic nitrogens is 1. The van der Waals surface area contributed by atoms with E-state index in [0.717, 1.165) is 5.56 Å². The summed E-state index contributed by atoms with van der Waals surface area (Å²) in [7, 11) is 0. The molecule has 1 saturated heterocycles. The molecule has 0 radical (unpaired) electrons. The van der Waals surface area contributed by atoms with Crippen LogP contribution in [0.5, 0.6) is 0 Å². The zero-order valence-electron chi connectivity index (χ0n) is 12.1. The van der Waals surface area contributed by atoms with Crippen LogP contribution in [-0.4, -0.2) is 27.5 Å². The summed E-state index contributed by atoms with van der Waals surface area (Å²) in [6.07, 6.45) is 3.59. The molecule has 2 aromatic rings. The van der Waals surface area contributed by atoms with Crippen LogP contribution in [0, 0.1) is 0 Å². The topological polar surface area (TPSA) is 45.6 Å². The van der Waals surface area contributed by atoms with Gasteiger partial charge in [-0.25, -0.2) is 9.98 Å². The second-order valence-electron chi connectivity index (χ2n) is 4.65. The lowest BCUT2D eigenvalue weighted by Crippen LogP contribution is -2.28. The van der Waals surface area contributed by atoms with Gasteiger partial charge in [-0.2, -0.15) is 0 Å². The minimum atomic E-state index is -0.00830. The first-order valence-corrected chi connectivity index (χ1v) is 7.86. The van der Waals surface area contributed by atoms with Crippen LogP contribution in [0.3, 0.4) is 0 Å². The fraction of sp³-hybridized carbons (Fsp3) is 0.118. The number of thioether (sulfide) groups is 1. The molecule has 1 aliphatic rings. The Labute approximate surface area is 133 Å². The Morgan fingerprint density at radius 1 is 1.18 bits per heavy atom. The normalized spacial score (nSPS) is 18.4. The molecule has 1 aliphatic heterocycles. The lowest BCUT2D eigenvalue weighted by atomic mass is 10.2. The molecule has 1 fully saturated rings. The van der Waals surface area contributed by atoms with Gasteiger partial charge < -0.3 is 0 Å². The number of hydrogen-bond donors (Lipinski definition) is 0. The minimum Gasteiger partial charge on any atom is -0.287 e. The van der Waals surface area contributed by atoms with Crippen molar-refractivity contribution in [1.29, 1.82) is 0 Å². The highest BCUT2D eigenvalue weighted by atomic mass is 32.2. The Morgan fingerprint density at radius 2 is 1.95 bits per heavy atom. The van der Waals surface area contributed by atoms with Gasteiger partial charge in [0.25, 0.3) is 5.91 Å². The third-order valence-corrected chi connectivity index (χ3v) is 4.17. The minimum absolute atomic E-state index is 0.00830. The van der Waals surface area contributed by atoms with E-state index in [1.807, 2.05) is 61.5 Å². The molecule has 0 spiro atoms. The average molecular weight is 309 g/mol. The monoisotopic (exact) mass is 309 g/mol. The van der Waals surface area contributed by atoms with Crippen molar-refractivity contribution in [2.75, 3.05) is 6.54 Å². The van der Waals surface area contributed by atoms with Gasteiger partial charge in [0, 0.05) is 12.7 Å². The number of carbonyl (C=O) groups is 1. The largest absolute Gasteiger partial charge is 0.287 e. The van der Waals surface area contributed by atoms with E-state index in [9.17, 15) is 4.79 Å². The van der Waals surface area contributed by atoms with Gasteiger partial charge in [0.15, 0.2) is 11.0 Å². The molecule has 0 atom stereocenters. The smallest absolute Gasteiger partial charge is 0.266 e. The van der Waals surface area contributed by atoms with Crippen molar-refractivity contribution in [2.24, 2.45) is 4.99 Å². The summed E-state index contributed by atoms with van der Waals surface area (Å²) in [6.45, 7) is 2.53. The number of likely N-dealkylation sites (N-methyl/N-ethyl adjacent to an activating group) is 1. The maximum absolute atomic E-state index is 12.5. The molecule has 1 aromatic carbocycles. The fourth-order valence-corrected chi connectivity index (χ4v) is 3.14. The number of amides is 1. The highest BCUT2D eigenvalue weighted by Crippen LogP contribution is 2.33. The van der Waals surface area contributed by atoms with E-state index in [2.05, 4.69) is 9.98 Å². The molecule has 22 heavy (non-hydrogen) atoms. The van der Waals surface area contributed by atoms with Crippen molar-refractivity contribution in [2.45, 2.75) is 6.92 Å². The lowest BCUT2D eigenvalue weighted by molar-refractivity contribution is -0.122. The van der Waals surface area contributed by atoms with E-state index in [-0.39, 0.29) is 5.91 Å². The summed E-state index contributed by atoms with van der Waals surface area (Å²) in [5, 5.41) is 0.674. The molecule has 4 nitrogen and oxygen atoms in total. The summed E-state index contributed by atoms with van der Waals surface area (Å²) < 4.78 is 0. The first-order chi connectivity index (χ1) is 10.8. The second kappa shape index (κ2) is 6.58. The van der Waals surface area contributed by atoms with Crippen LogP contribution in [0.25, 0.3) is 6.08 Å². The maximum atomic E-state index is 12.5. The number of carbonyl (C=O) groups excluding carboxylic acids is 1. The molecule has 0 N–H and O–H groups in total. The Balaban J connectivity index is 1.92. The predicted molar refractivity (Wildman–Crippen MR) is 90.7 cm³/mol. The molecule has 0 saturated carbocycles. The molecule has 0 unspecified atom stereocenters. The van der Waals surface area contributed by atoms with E-state index in [0.29, 0.717) is 22.4 Å². The van der Waals surface area contributed by atoms with E-state index in [1.54, 1.807) is 11.1 Å².